The quantitative estimate of drug-likeness (QED) is 0.722. The topological polar surface area (TPSA) is 83.7 Å². The van der Waals surface area contributed by atoms with Crippen molar-refractivity contribution in [3.63, 3.8) is 0 Å². The second-order valence-corrected chi connectivity index (χ2v) is 7.98. The van der Waals surface area contributed by atoms with Gasteiger partial charge in [-0.2, -0.15) is 10.4 Å². The van der Waals surface area contributed by atoms with Crippen molar-refractivity contribution in [1.82, 2.24) is 15.2 Å². The number of fused-ring (bicyclic) bond motifs is 1. The van der Waals surface area contributed by atoms with Crippen LogP contribution in [0, 0.1) is 25.2 Å². The summed E-state index contributed by atoms with van der Waals surface area (Å²) in [5.41, 5.74) is 5.71. The molecule has 1 fully saturated rings. The Morgan fingerprint density at radius 2 is 2.00 bits per heavy atom. The molecule has 0 unspecified atom stereocenters. The van der Waals surface area contributed by atoms with E-state index in [9.17, 15) is 5.26 Å². The second kappa shape index (κ2) is 7.76. The molecule has 148 valence electrons. The van der Waals surface area contributed by atoms with Crippen LogP contribution in [0.5, 0.6) is 0 Å². The van der Waals surface area contributed by atoms with Crippen LogP contribution in [-0.4, -0.2) is 28.4 Å². The Balaban J connectivity index is 1.70. The summed E-state index contributed by atoms with van der Waals surface area (Å²) in [6.07, 6.45) is 3.95. The van der Waals surface area contributed by atoms with E-state index in [4.69, 9.17) is 9.72 Å². The molecule has 1 N–H and O–H groups in total. The lowest BCUT2D eigenvalue weighted by Gasteiger charge is -2.34. The van der Waals surface area contributed by atoms with Gasteiger partial charge in [-0.05, 0) is 60.9 Å². The van der Waals surface area contributed by atoms with E-state index in [-0.39, 0.29) is 5.41 Å². The Kier molecular flexibility index (Phi) is 5.16. The summed E-state index contributed by atoms with van der Waals surface area (Å²) in [5.74, 6) is 0.720. The molecular weight excluding hydrogens is 362 g/mol. The number of nitrogens with zero attached hydrogens (tertiary/aromatic N) is 4. The van der Waals surface area contributed by atoms with Gasteiger partial charge in [-0.25, -0.2) is 0 Å². The Labute approximate surface area is 170 Å². The maximum absolute atomic E-state index is 9.27. The number of hydrogen-bond acceptors (Lipinski definition) is 6. The van der Waals surface area contributed by atoms with E-state index >= 15 is 0 Å². The van der Waals surface area contributed by atoms with Crippen LogP contribution in [0.25, 0.3) is 10.9 Å². The predicted molar refractivity (Wildman–Crippen MR) is 113 cm³/mol. The van der Waals surface area contributed by atoms with Crippen molar-refractivity contribution < 1.29 is 4.74 Å². The molecule has 6 nitrogen and oxygen atoms in total. The minimum atomic E-state index is 0.0611. The van der Waals surface area contributed by atoms with Crippen LogP contribution in [0.1, 0.15) is 47.7 Å². The summed E-state index contributed by atoms with van der Waals surface area (Å²) in [5, 5.41) is 22.4. The highest BCUT2D eigenvalue weighted by atomic mass is 16.5. The number of nitrogens with one attached hydrogen (secondary N) is 1. The van der Waals surface area contributed by atoms with Gasteiger partial charge in [-0.3, -0.25) is 4.98 Å². The first-order valence-corrected chi connectivity index (χ1v) is 9.95. The van der Waals surface area contributed by atoms with E-state index in [1.807, 2.05) is 38.2 Å². The number of aromatic nitrogens is 3. The van der Waals surface area contributed by atoms with Crippen LogP contribution in [0.2, 0.25) is 0 Å². The number of rotatable bonds is 4. The normalized spacial score (nSPS) is 15.8. The Morgan fingerprint density at radius 1 is 1.21 bits per heavy atom. The molecule has 0 bridgehead atoms. The molecule has 0 amide bonds. The van der Waals surface area contributed by atoms with Gasteiger partial charge in [-0.15, -0.1) is 5.10 Å². The Hall–Kier alpha value is -3.04. The molecule has 3 heterocycles. The molecule has 0 radical (unpaired) electrons. The van der Waals surface area contributed by atoms with E-state index in [0.29, 0.717) is 12.1 Å². The lowest BCUT2D eigenvalue weighted by molar-refractivity contribution is 0.0564. The highest BCUT2D eigenvalue weighted by molar-refractivity contribution is 5.90. The van der Waals surface area contributed by atoms with Crippen LogP contribution in [-0.2, 0) is 16.7 Å². The molecule has 1 aliphatic rings. The zero-order valence-electron chi connectivity index (χ0n) is 17.1. The molecule has 4 rings (SSSR count). The van der Waals surface area contributed by atoms with Crippen LogP contribution >= 0.6 is 0 Å². The maximum atomic E-state index is 9.27. The number of nitriles is 1. The summed E-state index contributed by atoms with van der Waals surface area (Å²) in [7, 11) is 0. The summed E-state index contributed by atoms with van der Waals surface area (Å²) >= 11 is 0. The fraction of sp³-hybridized carbons (Fsp3) is 0.391. The minimum absolute atomic E-state index is 0.0611. The summed E-state index contributed by atoms with van der Waals surface area (Å²) < 4.78 is 5.56. The molecular formula is C23H25N5O. The van der Waals surface area contributed by atoms with Gasteiger partial charge < -0.3 is 10.1 Å². The highest BCUT2D eigenvalue weighted by Gasteiger charge is 2.30. The molecule has 1 saturated heterocycles. The third-order valence-electron chi connectivity index (χ3n) is 6.09. The van der Waals surface area contributed by atoms with Gasteiger partial charge in [-0.1, -0.05) is 19.1 Å². The van der Waals surface area contributed by atoms with Crippen LogP contribution in [0.15, 0.2) is 30.5 Å². The van der Waals surface area contributed by atoms with Gasteiger partial charge in [0, 0.05) is 31.3 Å². The van der Waals surface area contributed by atoms with Crippen molar-refractivity contribution in [2.24, 2.45) is 0 Å². The molecule has 1 aliphatic heterocycles. The highest BCUT2D eigenvalue weighted by Crippen LogP contribution is 2.36. The average Bonchev–Trinajstić information content (AvgIpc) is 2.74. The fourth-order valence-electron chi connectivity index (χ4n) is 3.91. The van der Waals surface area contributed by atoms with Gasteiger partial charge in [0.05, 0.1) is 22.8 Å². The van der Waals surface area contributed by atoms with Crippen molar-refractivity contribution in [3.05, 3.63) is 58.4 Å². The van der Waals surface area contributed by atoms with Gasteiger partial charge in [0.1, 0.15) is 0 Å². The van der Waals surface area contributed by atoms with Crippen molar-refractivity contribution in [1.29, 1.82) is 5.26 Å². The molecule has 0 aliphatic carbocycles. The van der Waals surface area contributed by atoms with Crippen molar-refractivity contribution in [2.75, 3.05) is 18.5 Å². The average molecular weight is 387 g/mol. The van der Waals surface area contributed by atoms with Crippen molar-refractivity contribution >= 4 is 16.7 Å². The molecule has 0 atom stereocenters. The van der Waals surface area contributed by atoms with E-state index in [1.165, 1.54) is 5.56 Å². The Bertz CT molecular complexity index is 1100. The maximum Gasteiger partial charge on any atom is 0.158 e. The number of ether oxygens (including phenoxy) is 1. The first-order chi connectivity index (χ1) is 14.0. The largest absolute Gasteiger partial charge is 0.381 e. The van der Waals surface area contributed by atoms with Gasteiger partial charge in [0.2, 0.25) is 0 Å². The molecule has 2 aromatic heterocycles. The lowest BCUT2D eigenvalue weighted by atomic mass is 9.76. The monoisotopic (exact) mass is 387 g/mol. The molecule has 6 heteroatoms. The van der Waals surface area contributed by atoms with E-state index in [1.54, 1.807) is 0 Å². The second-order valence-electron chi connectivity index (χ2n) is 7.98. The first kappa shape index (κ1) is 19.3. The summed E-state index contributed by atoms with van der Waals surface area (Å²) in [6.45, 7) is 8.32. The van der Waals surface area contributed by atoms with Crippen molar-refractivity contribution in [2.45, 2.75) is 45.6 Å². The number of hydrogen-bond donors (Lipinski definition) is 1. The predicted octanol–water partition coefficient (Wildman–Crippen LogP) is 4.19. The molecule has 1 aromatic carbocycles. The van der Waals surface area contributed by atoms with Gasteiger partial charge >= 0.3 is 0 Å². The third-order valence-corrected chi connectivity index (χ3v) is 6.09. The van der Waals surface area contributed by atoms with E-state index in [0.717, 1.165) is 59.6 Å². The van der Waals surface area contributed by atoms with Gasteiger partial charge in [0.15, 0.2) is 5.82 Å². The lowest BCUT2D eigenvalue weighted by Crippen LogP contribution is -2.30. The number of aryl methyl sites for hydroxylation is 1. The molecule has 0 saturated carbocycles. The first-order valence-electron chi connectivity index (χ1n) is 9.95. The van der Waals surface area contributed by atoms with E-state index in [2.05, 4.69) is 34.6 Å². The molecule has 0 spiro atoms. The number of anilines is 1. The van der Waals surface area contributed by atoms with Crippen molar-refractivity contribution in [3.8, 4) is 6.07 Å². The van der Waals surface area contributed by atoms with E-state index < -0.39 is 0 Å². The smallest absolute Gasteiger partial charge is 0.158 e. The fourth-order valence-corrected chi connectivity index (χ4v) is 3.91. The summed E-state index contributed by atoms with van der Waals surface area (Å²) in [4.78, 5) is 4.74. The standard InChI is InChI=1S/C23H25N5O/c1-15-17(12-24)5-4-6-18(15)13-26-22-20-11-19(23(3)7-9-29-10-8-23)14-25-21(20)16(2)27-28-22/h4-6,11,14H,7-10,13H2,1-3H3,(H,26,28). The van der Waals surface area contributed by atoms with Gasteiger partial charge in [0.25, 0.3) is 0 Å². The zero-order valence-corrected chi connectivity index (χ0v) is 17.1. The van der Waals surface area contributed by atoms with Crippen LogP contribution in [0.3, 0.4) is 0 Å². The van der Waals surface area contributed by atoms with Crippen LogP contribution in [0.4, 0.5) is 5.82 Å². The number of pyridine rings is 1. The minimum Gasteiger partial charge on any atom is -0.381 e. The number of benzene rings is 1. The van der Waals surface area contributed by atoms with Crippen LogP contribution < -0.4 is 5.32 Å². The molecule has 3 aromatic rings. The SMILES string of the molecule is Cc1c(C#N)cccc1CNc1nnc(C)c2ncc(C3(C)CCOCC3)cc12. The third kappa shape index (κ3) is 3.66. The Morgan fingerprint density at radius 3 is 2.76 bits per heavy atom. The zero-order chi connectivity index (χ0) is 20.4. The molecule has 29 heavy (non-hydrogen) atoms. The summed E-state index contributed by atoms with van der Waals surface area (Å²) in [6, 6.07) is 10.2.